The Morgan fingerprint density at radius 2 is 2.17 bits per heavy atom. The van der Waals surface area contributed by atoms with Crippen molar-refractivity contribution in [1.29, 1.82) is 0 Å². The van der Waals surface area contributed by atoms with Gasteiger partial charge < -0.3 is 11.1 Å². The smallest absolute Gasteiger partial charge is 0.282 e. The van der Waals surface area contributed by atoms with E-state index in [4.69, 9.17) is 5.73 Å². The van der Waals surface area contributed by atoms with Crippen LogP contribution in [0.5, 0.6) is 0 Å². The second kappa shape index (κ2) is 3.97. The number of nitrogen functional groups attached to an aromatic ring is 1. The Labute approximate surface area is 104 Å². The lowest BCUT2D eigenvalue weighted by molar-refractivity contribution is -0.385. The summed E-state index contributed by atoms with van der Waals surface area (Å²) >= 11 is 0. The molecule has 1 aliphatic carbocycles. The largest absolute Gasteiger partial charge is 0.399 e. The van der Waals surface area contributed by atoms with Gasteiger partial charge in [0.2, 0.25) is 0 Å². The van der Waals surface area contributed by atoms with Gasteiger partial charge in [-0.05, 0) is 24.0 Å². The molecule has 6 nitrogen and oxygen atoms in total. The Morgan fingerprint density at radius 1 is 1.56 bits per heavy atom. The third-order valence-electron chi connectivity index (χ3n) is 3.28. The van der Waals surface area contributed by atoms with Gasteiger partial charge in [-0.15, -0.1) is 0 Å². The van der Waals surface area contributed by atoms with Crippen molar-refractivity contribution in [3.8, 4) is 0 Å². The summed E-state index contributed by atoms with van der Waals surface area (Å²) in [5.74, 6) is -0.440. The number of nitrogens with one attached hydrogen (secondary N) is 1. The first-order valence-electron chi connectivity index (χ1n) is 5.66. The molecule has 0 radical (unpaired) electrons. The number of rotatable bonds is 3. The summed E-state index contributed by atoms with van der Waals surface area (Å²) in [5, 5.41) is 13.6. The van der Waals surface area contributed by atoms with Gasteiger partial charge >= 0.3 is 0 Å². The van der Waals surface area contributed by atoms with Crippen molar-refractivity contribution in [2.24, 2.45) is 5.41 Å². The fourth-order valence-electron chi connectivity index (χ4n) is 1.84. The third-order valence-corrected chi connectivity index (χ3v) is 3.28. The highest BCUT2D eigenvalue weighted by Crippen LogP contribution is 2.44. The van der Waals surface area contributed by atoms with E-state index in [9.17, 15) is 14.9 Å². The van der Waals surface area contributed by atoms with Crippen LogP contribution in [0.1, 0.15) is 30.6 Å². The average Bonchev–Trinajstić information content (AvgIpc) is 2.85. The molecule has 1 aliphatic rings. The fraction of sp³-hybridized carbons (Fsp3) is 0.417. The molecule has 18 heavy (non-hydrogen) atoms. The highest BCUT2D eigenvalue weighted by Gasteiger charge is 2.47. The number of carbonyl (C=O) groups excluding carboxylic acids is 1. The Hall–Kier alpha value is -2.11. The predicted molar refractivity (Wildman–Crippen MR) is 67.2 cm³/mol. The van der Waals surface area contributed by atoms with Crippen LogP contribution < -0.4 is 11.1 Å². The first kappa shape index (κ1) is 12.3. The second-order valence-corrected chi connectivity index (χ2v) is 5.25. The molecule has 1 aromatic carbocycles. The summed E-state index contributed by atoms with van der Waals surface area (Å²) in [4.78, 5) is 22.3. The summed E-state index contributed by atoms with van der Waals surface area (Å²) in [6.07, 6.45) is 0.884. The number of benzene rings is 1. The summed E-state index contributed by atoms with van der Waals surface area (Å²) in [6.45, 7) is 4.07. The minimum Gasteiger partial charge on any atom is -0.399 e. The van der Waals surface area contributed by atoms with Gasteiger partial charge in [-0.3, -0.25) is 14.9 Å². The molecule has 1 fully saturated rings. The average molecular weight is 249 g/mol. The van der Waals surface area contributed by atoms with Crippen molar-refractivity contribution in [2.75, 3.05) is 5.73 Å². The number of anilines is 1. The molecule has 1 aromatic rings. The minimum absolute atomic E-state index is 0.0164. The number of carbonyl (C=O) groups is 1. The fourth-order valence-corrected chi connectivity index (χ4v) is 1.84. The lowest BCUT2D eigenvalue weighted by Crippen LogP contribution is -2.29. The quantitative estimate of drug-likeness (QED) is 0.484. The predicted octanol–water partition coefficient (Wildman–Crippen LogP) is 1.71. The molecule has 1 atom stereocenters. The van der Waals surface area contributed by atoms with Crippen molar-refractivity contribution in [2.45, 2.75) is 26.3 Å². The zero-order valence-electron chi connectivity index (χ0n) is 10.3. The molecule has 0 aliphatic heterocycles. The van der Waals surface area contributed by atoms with E-state index in [2.05, 4.69) is 5.32 Å². The first-order valence-corrected chi connectivity index (χ1v) is 5.66. The van der Waals surface area contributed by atoms with E-state index in [0.717, 1.165) is 6.42 Å². The highest BCUT2D eigenvalue weighted by atomic mass is 16.6. The summed E-state index contributed by atoms with van der Waals surface area (Å²) in [6, 6.07) is 4.08. The lowest BCUT2D eigenvalue weighted by atomic mass is 10.1. The maximum atomic E-state index is 12.0. The van der Waals surface area contributed by atoms with E-state index >= 15 is 0 Å². The van der Waals surface area contributed by atoms with Gasteiger partial charge in [0.25, 0.3) is 11.6 Å². The Morgan fingerprint density at radius 3 is 2.67 bits per heavy atom. The summed E-state index contributed by atoms with van der Waals surface area (Å²) in [5.41, 5.74) is 5.77. The molecule has 3 N–H and O–H groups in total. The monoisotopic (exact) mass is 249 g/mol. The molecule has 0 heterocycles. The molecule has 2 rings (SSSR count). The van der Waals surface area contributed by atoms with Crippen molar-refractivity contribution >= 4 is 17.3 Å². The van der Waals surface area contributed by atoms with Crippen LogP contribution in [0.15, 0.2) is 18.2 Å². The van der Waals surface area contributed by atoms with Gasteiger partial charge in [-0.2, -0.15) is 0 Å². The lowest BCUT2D eigenvalue weighted by Gasteiger charge is -2.07. The Kier molecular flexibility index (Phi) is 2.73. The maximum absolute atomic E-state index is 12.0. The summed E-state index contributed by atoms with van der Waals surface area (Å²) in [7, 11) is 0. The van der Waals surface area contributed by atoms with Crippen LogP contribution in [0.3, 0.4) is 0 Å². The SMILES string of the molecule is CC1(C)CC1NC(=O)c1cc(N)ccc1[N+](=O)[O-]. The molecule has 1 saturated carbocycles. The van der Waals surface area contributed by atoms with E-state index < -0.39 is 10.8 Å². The molecule has 0 spiro atoms. The van der Waals surface area contributed by atoms with Gasteiger partial charge in [0.15, 0.2) is 0 Å². The van der Waals surface area contributed by atoms with E-state index in [1.165, 1.54) is 18.2 Å². The van der Waals surface area contributed by atoms with E-state index in [0.29, 0.717) is 5.69 Å². The van der Waals surface area contributed by atoms with Gasteiger partial charge in [-0.1, -0.05) is 13.8 Å². The van der Waals surface area contributed by atoms with Crippen molar-refractivity contribution in [3.05, 3.63) is 33.9 Å². The first-order chi connectivity index (χ1) is 8.31. The number of nitrogens with zero attached hydrogens (tertiary/aromatic N) is 1. The van der Waals surface area contributed by atoms with E-state index in [-0.39, 0.29) is 22.7 Å². The minimum atomic E-state index is -0.577. The number of nitro groups is 1. The normalized spacial score (nSPS) is 20.2. The van der Waals surface area contributed by atoms with Crippen molar-refractivity contribution < 1.29 is 9.72 Å². The Bertz CT molecular complexity index is 525. The number of nitrogens with two attached hydrogens (primary N) is 1. The van der Waals surface area contributed by atoms with Crippen LogP contribution in [-0.2, 0) is 0 Å². The number of hydrogen-bond acceptors (Lipinski definition) is 4. The summed E-state index contributed by atoms with van der Waals surface area (Å²) < 4.78 is 0. The number of hydrogen-bond donors (Lipinski definition) is 2. The van der Waals surface area contributed by atoms with Crippen LogP contribution in [0.4, 0.5) is 11.4 Å². The van der Waals surface area contributed by atoms with Crippen LogP contribution in [0.25, 0.3) is 0 Å². The zero-order valence-corrected chi connectivity index (χ0v) is 10.3. The molecular weight excluding hydrogens is 234 g/mol. The van der Waals surface area contributed by atoms with Crippen LogP contribution in [0.2, 0.25) is 0 Å². The van der Waals surface area contributed by atoms with E-state index in [1.54, 1.807) is 0 Å². The van der Waals surface area contributed by atoms with Gasteiger partial charge in [-0.25, -0.2) is 0 Å². The van der Waals surface area contributed by atoms with Gasteiger partial charge in [0.1, 0.15) is 5.56 Å². The highest BCUT2D eigenvalue weighted by molar-refractivity contribution is 5.99. The molecule has 0 aromatic heterocycles. The van der Waals surface area contributed by atoms with Crippen LogP contribution >= 0.6 is 0 Å². The number of nitro benzene ring substituents is 1. The zero-order chi connectivity index (χ0) is 13.5. The molecular formula is C12H15N3O3. The van der Waals surface area contributed by atoms with Crippen molar-refractivity contribution in [1.82, 2.24) is 5.32 Å². The molecule has 1 amide bonds. The van der Waals surface area contributed by atoms with Crippen LogP contribution in [0, 0.1) is 15.5 Å². The van der Waals surface area contributed by atoms with Crippen LogP contribution in [-0.4, -0.2) is 16.9 Å². The third kappa shape index (κ3) is 2.27. The van der Waals surface area contributed by atoms with Gasteiger partial charge in [0, 0.05) is 17.8 Å². The van der Waals surface area contributed by atoms with Crippen molar-refractivity contribution in [3.63, 3.8) is 0 Å². The van der Waals surface area contributed by atoms with E-state index in [1.807, 2.05) is 13.8 Å². The van der Waals surface area contributed by atoms with Gasteiger partial charge in [0.05, 0.1) is 4.92 Å². The molecule has 0 saturated heterocycles. The maximum Gasteiger partial charge on any atom is 0.282 e. The Balaban J connectivity index is 2.24. The second-order valence-electron chi connectivity index (χ2n) is 5.25. The molecule has 0 bridgehead atoms. The number of amides is 1. The standard InChI is InChI=1S/C12H15N3O3/c1-12(2)6-10(12)14-11(16)8-5-7(13)3-4-9(8)15(17)18/h3-5,10H,6,13H2,1-2H3,(H,14,16). The topological polar surface area (TPSA) is 98.3 Å². The molecule has 1 unspecified atom stereocenters. The molecule has 6 heteroatoms. The molecule has 96 valence electrons.